The number of aryl methyl sites for hydroxylation is 2. The third-order valence-corrected chi connectivity index (χ3v) is 6.64. The summed E-state index contributed by atoms with van der Waals surface area (Å²) in [6.07, 6.45) is 6.20. The average Bonchev–Trinajstić information content (AvgIpc) is 2.78. The van der Waals surface area contributed by atoms with Crippen molar-refractivity contribution in [1.82, 2.24) is 15.5 Å². The summed E-state index contributed by atoms with van der Waals surface area (Å²) < 4.78 is 5.37. The first-order chi connectivity index (χ1) is 16.9. The predicted molar refractivity (Wildman–Crippen MR) is 147 cm³/mol. The van der Waals surface area contributed by atoms with E-state index in [0.717, 1.165) is 55.2 Å². The lowest BCUT2D eigenvalue weighted by molar-refractivity contribution is -0.142. The maximum absolute atomic E-state index is 13.9. The molecular weight excluding hydrogens is 474 g/mol. The van der Waals surface area contributed by atoms with Gasteiger partial charge in [0.25, 0.3) is 0 Å². The minimum atomic E-state index is -0.920. The number of nitrogens with zero attached hydrogens (tertiary/aromatic N) is 1. The normalized spacial score (nSPS) is 16.1. The van der Waals surface area contributed by atoms with Gasteiger partial charge in [-0.2, -0.15) is 12.6 Å². The van der Waals surface area contributed by atoms with Crippen molar-refractivity contribution in [3.8, 4) is 0 Å². The molecule has 2 unspecified atom stereocenters. The average molecular weight is 520 g/mol. The maximum Gasteiger partial charge on any atom is 0.408 e. The fourth-order valence-electron chi connectivity index (χ4n) is 4.70. The second kappa shape index (κ2) is 13.9. The van der Waals surface area contributed by atoms with Crippen LogP contribution in [-0.4, -0.2) is 52.8 Å². The predicted octanol–water partition coefficient (Wildman–Crippen LogP) is 5.25. The molecule has 1 aliphatic carbocycles. The summed E-state index contributed by atoms with van der Waals surface area (Å²) in [5, 5.41) is 5.90. The minimum absolute atomic E-state index is 0.0878. The highest BCUT2D eigenvalue weighted by atomic mass is 32.1. The SMILES string of the molecule is CCCCN(C(=O)C(CS)NC(=O)OC(C)(C)C)C(C(=O)NC1CCCCC1)c1cc(C)cc(C)c1. The molecule has 202 valence electrons. The van der Waals surface area contributed by atoms with Crippen LogP contribution in [0.3, 0.4) is 0 Å². The summed E-state index contributed by atoms with van der Waals surface area (Å²) >= 11 is 4.35. The molecule has 2 rings (SSSR count). The van der Waals surface area contributed by atoms with Gasteiger partial charge in [0.2, 0.25) is 11.8 Å². The third-order valence-electron chi connectivity index (χ3n) is 6.28. The topological polar surface area (TPSA) is 87.7 Å². The van der Waals surface area contributed by atoms with E-state index in [1.165, 1.54) is 6.42 Å². The van der Waals surface area contributed by atoms with E-state index in [0.29, 0.717) is 6.54 Å². The Morgan fingerprint density at radius 2 is 1.69 bits per heavy atom. The third kappa shape index (κ3) is 9.34. The zero-order valence-corrected chi connectivity index (χ0v) is 23.7. The van der Waals surface area contributed by atoms with Gasteiger partial charge in [-0.3, -0.25) is 9.59 Å². The zero-order chi connectivity index (χ0) is 26.9. The Morgan fingerprint density at radius 3 is 2.22 bits per heavy atom. The first-order valence-electron chi connectivity index (χ1n) is 13.2. The van der Waals surface area contributed by atoms with E-state index < -0.39 is 23.8 Å². The van der Waals surface area contributed by atoms with Crippen LogP contribution in [0, 0.1) is 13.8 Å². The van der Waals surface area contributed by atoms with Crippen LogP contribution in [0.1, 0.15) is 95.4 Å². The van der Waals surface area contributed by atoms with Crippen LogP contribution >= 0.6 is 12.6 Å². The number of hydrogen-bond acceptors (Lipinski definition) is 5. The Bertz CT molecular complexity index is 873. The number of ether oxygens (including phenoxy) is 1. The van der Waals surface area contributed by atoms with Gasteiger partial charge in [0.05, 0.1) is 0 Å². The molecule has 0 spiro atoms. The van der Waals surface area contributed by atoms with E-state index in [9.17, 15) is 14.4 Å². The van der Waals surface area contributed by atoms with E-state index in [1.807, 2.05) is 32.9 Å². The van der Waals surface area contributed by atoms with E-state index in [-0.39, 0.29) is 23.6 Å². The van der Waals surface area contributed by atoms with Gasteiger partial charge in [0.1, 0.15) is 17.7 Å². The molecule has 1 fully saturated rings. The molecule has 2 N–H and O–H groups in total. The standard InChI is InChI=1S/C28H45N3O4S/c1-7-8-14-31(26(33)23(18-36)30-27(34)35-28(4,5)6)24(21-16-19(2)15-20(3)17-21)25(32)29-22-12-10-9-11-13-22/h15-17,22-24,36H,7-14,18H2,1-6H3,(H,29,32)(H,30,34). The number of hydrogen-bond donors (Lipinski definition) is 3. The lowest BCUT2D eigenvalue weighted by Crippen LogP contribution is -2.54. The van der Waals surface area contributed by atoms with Gasteiger partial charge >= 0.3 is 6.09 Å². The molecule has 0 heterocycles. The van der Waals surface area contributed by atoms with Crippen molar-refractivity contribution in [3.05, 3.63) is 34.9 Å². The van der Waals surface area contributed by atoms with Crippen LogP contribution in [0.5, 0.6) is 0 Å². The van der Waals surface area contributed by atoms with Gasteiger partial charge in [0, 0.05) is 18.3 Å². The number of thiol groups is 1. The minimum Gasteiger partial charge on any atom is -0.444 e. The first-order valence-corrected chi connectivity index (χ1v) is 13.9. The molecule has 36 heavy (non-hydrogen) atoms. The molecule has 2 atom stereocenters. The number of amides is 3. The molecule has 1 aromatic rings. The fourth-order valence-corrected chi connectivity index (χ4v) is 4.95. The fraction of sp³-hybridized carbons (Fsp3) is 0.679. The van der Waals surface area contributed by atoms with Crippen molar-refractivity contribution >= 4 is 30.5 Å². The number of rotatable bonds is 10. The van der Waals surface area contributed by atoms with E-state index in [1.54, 1.807) is 25.7 Å². The molecule has 1 aliphatic rings. The molecule has 1 saturated carbocycles. The molecule has 0 aliphatic heterocycles. The summed E-state index contributed by atoms with van der Waals surface area (Å²) in [6, 6.07) is 4.40. The van der Waals surface area contributed by atoms with Crippen molar-refractivity contribution in [3.63, 3.8) is 0 Å². The molecule has 8 heteroatoms. The number of benzene rings is 1. The molecule has 0 radical (unpaired) electrons. The van der Waals surface area contributed by atoms with Crippen molar-refractivity contribution in [2.45, 2.75) is 110 Å². The highest BCUT2D eigenvalue weighted by Crippen LogP contribution is 2.27. The van der Waals surface area contributed by atoms with E-state index in [2.05, 4.69) is 29.3 Å². The number of carbonyl (C=O) groups is 3. The zero-order valence-electron chi connectivity index (χ0n) is 22.9. The Morgan fingerprint density at radius 1 is 1.08 bits per heavy atom. The summed E-state index contributed by atoms with van der Waals surface area (Å²) in [5.41, 5.74) is 2.14. The van der Waals surface area contributed by atoms with Gasteiger partial charge in [0.15, 0.2) is 0 Å². The Kier molecular flexibility index (Phi) is 11.6. The highest BCUT2D eigenvalue weighted by Gasteiger charge is 2.36. The van der Waals surface area contributed by atoms with Crippen LogP contribution in [0.25, 0.3) is 0 Å². The van der Waals surface area contributed by atoms with Gasteiger partial charge in [-0.25, -0.2) is 4.79 Å². The smallest absolute Gasteiger partial charge is 0.408 e. The van der Waals surface area contributed by atoms with Crippen LogP contribution < -0.4 is 10.6 Å². The van der Waals surface area contributed by atoms with Crippen molar-refractivity contribution in [2.24, 2.45) is 0 Å². The largest absolute Gasteiger partial charge is 0.444 e. The summed E-state index contributed by atoms with van der Waals surface area (Å²) in [6.45, 7) is 11.7. The van der Waals surface area contributed by atoms with E-state index in [4.69, 9.17) is 4.74 Å². The number of nitrogens with one attached hydrogen (secondary N) is 2. The Hall–Kier alpha value is -2.22. The summed E-state index contributed by atoms with van der Waals surface area (Å²) in [4.78, 5) is 41.8. The number of carbonyl (C=O) groups excluding carboxylic acids is 3. The lowest BCUT2D eigenvalue weighted by Gasteiger charge is -2.35. The van der Waals surface area contributed by atoms with Crippen molar-refractivity contribution in [2.75, 3.05) is 12.3 Å². The molecule has 1 aromatic carbocycles. The van der Waals surface area contributed by atoms with Crippen LogP contribution in [0.15, 0.2) is 18.2 Å². The van der Waals surface area contributed by atoms with Crippen LogP contribution in [-0.2, 0) is 14.3 Å². The first kappa shape index (κ1) is 30.0. The van der Waals surface area contributed by atoms with Crippen LogP contribution in [0.4, 0.5) is 4.79 Å². The molecule has 0 aromatic heterocycles. The summed E-state index contributed by atoms with van der Waals surface area (Å²) in [7, 11) is 0. The summed E-state index contributed by atoms with van der Waals surface area (Å²) in [5.74, 6) is -0.427. The molecule has 0 bridgehead atoms. The quantitative estimate of drug-likeness (QED) is 0.369. The molecule has 0 saturated heterocycles. The van der Waals surface area contributed by atoms with Crippen LogP contribution in [0.2, 0.25) is 0 Å². The van der Waals surface area contributed by atoms with Gasteiger partial charge < -0.3 is 20.3 Å². The van der Waals surface area contributed by atoms with Crippen molar-refractivity contribution < 1.29 is 19.1 Å². The monoisotopic (exact) mass is 519 g/mol. The second-order valence-corrected chi connectivity index (χ2v) is 11.3. The second-order valence-electron chi connectivity index (χ2n) is 10.9. The van der Waals surface area contributed by atoms with Gasteiger partial charge in [-0.05, 0) is 59.4 Å². The molecule has 3 amide bonds. The number of unbranched alkanes of at least 4 members (excludes halogenated alkanes) is 1. The van der Waals surface area contributed by atoms with E-state index >= 15 is 0 Å². The van der Waals surface area contributed by atoms with Gasteiger partial charge in [-0.15, -0.1) is 0 Å². The lowest BCUT2D eigenvalue weighted by atomic mass is 9.94. The van der Waals surface area contributed by atoms with Crippen molar-refractivity contribution in [1.29, 1.82) is 0 Å². The Labute approximate surface area is 222 Å². The maximum atomic E-state index is 13.9. The highest BCUT2D eigenvalue weighted by molar-refractivity contribution is 7.80. The molecule has 7 nitrogen and oxygen atoms in total. The van der Waals surface area contributed by atoms with Gasteiger partial charge in [-0.1, -0.05) is 61.9 Å². The molecular formula is C28H45N3O4S. The number of alkyl carbamates (subject to hydrolysis) is 1. The Balaban J connectivity index is 2.43.